The smallest absolute Gasteiger partial charge is 0.230 e. The van der Waals surface area contributed by atoms with Crippen LogP contribution in [0.2, 0.25) is 0 Å². The van der Waals surface area contributed by atoms with Gasteiger partial charge in [0.25, 0.3) is 0 Å². The molecule has 26 heavy (non-hydrogen) atoms. The van der Waals surface area contributed by atoms with E-state index in [2.05, 4.69) is 41.4 Å². The van der Waals surface area contributed by atoms with E-state index in [9.17, 15) is 4.79 Å². The van der Waals surface area contributed by atoms with Crippen LogP contribution in [0.5, 0.6) is 0 Å². The van der Waals surface area contributed by atoms with Crippen LogP contribution in [0, 0.1) is 6.92 Å². The van der Waals surface area contributed by atoms with Crippen molar-refractivity contribution in [1.82, 2.24) is 10.2 Å². The molecule has 0 radical (unpaired) electrons. The molecule has 1 fully saturated rings. The van der Waals surface area contributed by atoms with Gasteiger partial charge in [0.2, 0.25) is 5.91 Å². The quantitative estimate of drug-likeness (QED) is 0.760. The minimum atomic E-state index is 0.0734. The molecule has 3 rings (SSSR count). The first-order valence-corrected chi connectivity index (χ1v) is 10.0. The van der Waals surface area contributed by atoms with Gasteiger partial charge in [0, 0.05) is 24.5 Å². The molecule has 1 heterocycles. The van der Waals surface area contributed by atoms with Crippen molar-refractivity contribution < 1.29 is 9.53 Å². The number of rotatable bonds is 7. The molecule has 0 aromatic heterocycles. The summed E-state index contributed by atoms with van der Waals surface area (Å²) in [7, 11) is 0. The van der Waals surface area contributed by atoms with Gasteiger partial charge < -0.3 is 10.1 Å². The minimum absolute atomic E-state index is 0.0734. The Balaban J connectivity index is 1.58. The lowest BCUT2D eigenvalue weighted by molar-refractivity contribution is -0.118. The standard InChI is InChI=1S/C21H26N2O2S/c1-17-7-9-18(10-8-17)20(23-11-13-25-14-12-23)15-22-21(24)16-26-19-5-3-2-4-6-19/h2-10,20H,11-16H2,1H3,(H,22,24). The third-order valence-electron chi connectivity index (χ3n) is 4.55. The molecule has 0 aliphatic carbocycles. The molecule has 2 aromatic carbocycles. The predicted octanol–water partition coefficient (Wildman–Crippen LogP) is 3.28. The fourth-order valence-electron chi connectivity index (χ4n) is 3.06. The second-order valence-electron chi connectivity index (χ2n) is 6.48. The molecule has 1 amide bonds. The van der Waals surface area contributed by atoms with Crippen molar-refractivity contribution in [2.45, 2.75) is 17.9 Å². The van der Waals surface area contributed by atoms with Crippen molar-refractivity contribution in [2.24, 2.45) is 0 Å². The third kappa shape index (κ3) is 5.59. The first kappa shape index (κ1) is 19.0. The van der Waals surface area contributed by atoms with Gasteiger partial charge in [-0.1, -0.05) is 48.0 Å². The van der Waals surface area contributed by atoms with Gasteiger partial charge in [-0.25, -0.2) is 0 Å². The monoisotopic (exact) mass is 370 g/mol. The van der Waals surface area contributed by atoms with Crippen LogP contribution >= 0.6 is 11.8 Å². The van der Waals surface area contributed by atoms with Crippen LogP contribution in [0.1, 0.15) is 17.2 Å². The highest BCUT2D eigenvalue weighted by Crippen LogP contribution is 2.22. The van der Waals surface area contributed by atoms with Gasteiger partial charge in [-0.2, -0.15) is 0 Å². The lowest BCUT2D eigenvalue weighted by atomic mass is 10.0. The van der Waals surface area contributed by atoms with E-state index in [4.69, 9.17) is 4.74 Å². The highest BCUT2D eigenvalue weighted by atomic mass is 32.2. The van der Waals surface area contributed by atoms with Gasteiger partial charge in [-0.15, -0.1) is 11.8 Å². The molecule has 138 valence electrons. The average Bonchev–Trinajstić information content (AvgIpc) is 2.69. The van der Waals surface area contributed by atoms with E-state index in [0.717, 1.165) is 31.2 Å². The first-order valence-electron chi connectivity index (χ1n) is 9.05. The molecule has 1 aliphatic heterocycles. The number of aryl methyl sites for hydroxylation is 1. The molecule has 0 spiro atoms. The maximum Gasteiger partial charge on any atom is 0.230 e. The topological polar surface area (TPSA) is 41.6 Å². The maximum absolute atomic E-state index is 12.3. The Hall–Kier alpha value is -1.82. The highest BCUT2D eigenvalue weighted by Gasteiger charge is 2.23. The van der Waals surface area contributed by atoms with E-state index < -0.39 is 0 Å². The average molecular weight is 371 g/mol. The number of hydrogen-bond donors (Lipinski definition) is 1. The van der Waals surface area contributed by atoms with Crippen molar-refractivity contribution in [3.8, 4) is 0 Å². The van der Waals surface area contributed by atoms with Crippen LogP contribution < -0.4 is 5.32 Å². The second kappa shape index (κ2) is 9.76. The summed E-state index contributed by atoms with van der Waals surface area (Å²) in [5, 5.41) is 3.12. The zero-order valence-electron chi connectivity index (χ0n) is 15.2. The molecular formula is C21H26N2O2S. The predicted molar refractivity (Wildman–Crippen MR) is 106 cm³/mol. The van der Waals surface area contributed by atoms with Crippen LogP contribution in [-0.2, 0) is 9.53 Å². The Bertz CT molecular complexity index is 685. The molecule has 0 saturated carbocycles. The van der Waals surface area contributed by atoms with Gasteiger partial charge in [0.15, 0.2) is 0 Å². The van der Waals surface area contributed by atoms with Gasteiger partial charge in [0.1, 0.15) is 0 Å². The molecule has 5 heteroatoms. The molecule has 1 unspecified atom stereocenters. The number of nitrogens with one attached hydrogen (secondary N) is 1. The summed E-state index contributed by atoms with van der Waals surface area (Å²) in [6.45, 7) is 6.01. The summed E-state index contributed by atoms with van der Waals surface area (Å²) in [4.78, 5) is 15.8. The summed E-state index contributed by atoms with van der Waals surface area (Å²) in [6.07, 6.45) is 0. The van der Waals surface area contributed by atoms with Crippen LogP contribution in [0.15, 0.2) is 59.5 Å². The van der Waals surface area contributed by atoms with E-state index in [1.165, 1.54) is 11.1 Å². The Kier molecular flexibility index (Phi) is 7.12. The lowest BCUT2D eigenvalue weighted by Crippen LogP contribution is -2.44. The van der Waals surface area contributed by atoms with Crippen LogP contribution in [0.4, 0.5) is 0 Å². The van der Waals surface area contributed by atoms with Gasteiger partial charge in [-0.3, -0.25) is 9.69 Å². The number of ether oxygens (including phenoxy) is 1. The van der Waals surface area contributed by atoms with Crippen molar-refractivity contribution in [3.05, 3.63) is 65.7 Å². The fourth-order valence-corrected chi connectivity index (χ4v) is 3.81. The number of morpholine rings is 1. The summed E-state index contributed by atoms with van der Waals surface area (Å²) in [6, 6.07) is 18.8. The summed E-state index contributed by atoms with van der Waals surface area (Å²) in [5.74, 6) is 0.512. The van der Waals surface area contributed by atoms with Crippen molar-refractivity contribution >= 4 is 17.7 Å². The summed E-state index contributed by atoms with van der Waals surface area (Å²) >= 11 is 1.57. The molecule has 1 saturated heterocycles. The van der Waals surface area contributed by atoms with Crippen LogP contribution in [0.3, 0.4) is 0 Å². The van der Waals surface area contributed by atoms with Crippen molar-refractivity contribution in [1.29, 1.82) is 0 Å². The zero-order chi connectivity index (χ0) is 18.2. The molecule has 1 aliphatic rings. The van der Waals surface area contributed by atoms with Crippen LogP contribution in [-0.4, -0.2) is 49.4 Å². The van der Waals surface area contributed by atoms with Gasteiger partial charge >= 0.3 is 0 Å². The van der Waals surface area contributed by atoms with Crippen molar-refractivity contribution in [3.63, 3.8) is 0 Å². The highest BCUT2D eigenvalue weighted by molar-refractivity contribution is 8.00. The number of carbonyl (C=O) groups excluding carboxylic acids is 1. The van der Waals surface area contributed by atoms with E-state index in [1.807, 2.05) is 30.3 Å². The molecule has 0 bridgehead atoms. The maximum atomic E-state index is 12.3. The number of carbonyl (C=O) groups is 1. The van der Waals surface area contributed by atoms with Crippen LogP contribution in [0.25, 0.3) is 0 Å². The Morgan fingerprint density at radius 1 is 1.12 bits per heavy atom. The SMILES string of the molecule is Cc1ccc(C(CNC(=O)CSc2ccccc2)N2CCOCC2)cc1. The normalized spacial score (nSPS) is 16.2. The molecule has 1 atom stereocenters. The molecule has 2 aromatic rings. The number of thioether (sulfide) groups is 1. The van der Waals surface area contributed by atoms with Crippen molar-refractivity contribution in [2.75, 3.05) is 38.6 Å². The third-order valence-corrected chi connectivity index (χ3v) is 5.57. The van der Waals surface area contributed by atoms with E-state index in [1.54, 1.807) is 11.8 Å². The minimum Gasteiger partial charge on any atom is -0.379 e. The molecule has 1 N–H and O–H groups in total. The second-order valence-corrected chi connectivity index (χ2v) is 7.53. The number of amides is 1. The largest absolute Gasteiger partial charge is 0.379 e. The number of benzene rings is 2. The van der Waals surface area contributed by atoms with E-state index in [-0.39, 0.29) is 11.9 Å². The van der Waals surface area contributed by atoms with Gasteiger partial charge in [0.05, 0.1) is 25.0 Å². The fraction of sp³-hybridized carbons (Fsp3) is 0.381. The summed E-state index contributed by atoms with van der Waals surface area (Å²) in [5.41, 5.74) is 2.49. The summed E-state index contributed by atoms with van der Waals surface area (Å²) < 4.78 is 5.49. The number of hydrogen-bond acceptors (Lipinski definition) is 4. The first-order chi connectivity index (χ1) is 12.7. The Morgan fingerprint density at radius 3 is 2.50 bits per heavy atom. The Labute approximate surface area is 159 Å². The van der Waals surface area contributed by atoms with E-state index >= 15 is 0 Å². The Morgan fingerprint density at radius 2 is 1.81 bits per heavy atom. The van der Waals surface area contributed by atoms with Gasteiger partial charge in [-0.05, 0) is 24.6 Å². The molecule has 4 nitrogen and oxygen atoms in total. The lowest BCUT2D eigenvalue weighted by Gasteiger charge is -2.35. The number of nitrogens with zero attached hydrogens (tertiary/aromatic N) is 1. The molecular weight excluding hydrogens is 344 g/mol. The zero-order valence-corrected chi connectivity index (χ0v) is 16.0. The van der Waals surface area contributed by atoms with E-state index in [0.29, 0.717) is 12.3 Å².